The lowest BCUT2D eigenvalue weighted by Gasteiger charge is -2.29. The van der Waals surface area contributed by atoms with E-state index < -0.39 is 11.9 Å². The highest BCUT2D eigenvalue weighted by molar-refractivity contribution is 6.31. The summed E-state index contributed by atoms with van der Waals surface area (Å²) in [5, 5.41) is 10.2. The van der Waals surface area contributed by atoms with Crippen LogP contribution in [0.5, 0.6) is 0 Å². The number of aliphatic imine (C=N–C) groups is 1. The molecule has 0 saturated heterocycles. The Morgan fingerprint density at radius 3 is 3.00 bits per heavy atom. The van der Waals surface area contributed by atoms with E-state index in [-0.39, 0.29) is 31.2 Å². The minimum Gasteiger partial charge on any atom is -0.447 e. The van der Waals surface area contributed by atoms with Crippen molar-refractivity contribution in [3.05, 3.63) is 34.9 Å². The van der Waals surface area contributed by atoms with Crippen LogP contribution in [0.4, 0.5) is 4.39 Å². The Balaban J connectivity index is 2.37. The highest BCUT2D eigenvalue weighted by Gasteiger charge is 2.36. The molecular formula is C16H20ClFN4O2. The normalized spacial score (nSPS) is 26.2. The van der Waals surface area contributed by atoms with Gasteiger partial charge in [0, 0.05) is 30.0 Å². The number of nitrogens with zero attached hydrogens (tertiary/aromatic N) is 1. The van der Waals surface area contributed by atoms with Gasteiger partial charge >= 0.3 is 0 Å². The third-order valence-electron chi connectivity index (χ3n) is 3.77. The van der Waals surface area contributed by atoms with Crippen LogP contribution < -0.4 is 11.1 Å². The van der Waals surface area contributed by atoms with E-state index in [9.17, 15) is 9.18 Å². The van der Waals surface area contributed by atoms with Gasteiger partial charge < -0.3 is 20.6 Å². The lowest BCUT2D eigenvalue weighted by molar-refractivity contribution is -0.113. The molecule has 2 unspecified atom stereocenters. The number of hydrogen-bond acceptors (Lipinski definition) is 4. The SMILES string of the molecule is N=C(N)NCC/C1=N/C(C=O)(c2ccccc2Cl)CCCC(F)O1. The first kappa shape index (κ1) is 18.2. The van der Waals surface area contributed by atoms with Crippen LogP contribution in [0.15, 0.2) is 29.3 Å². The van der Waals surface area contributed by atoms with Crippen molar-refractivity contribution in [1.82, 2.24) is 5.32 Å². The summed E-state index contributed by atoms with van der Waals surface area (Å²) < 4.78 is 19.0. The number of nitrogens with one attached hydrogen (secondary N) is 2. The molecule has 0 saturated carbocycles. The predicted octanol–water partition coefficient (Wildman–Crippen LogP) is 2.50. The van der Waals surface area contributed by atoms with Gasteiger partial charge in [-0.1, -0.05) is 29.8 Å². The number of ether oxygens (including phenoxy) is 1. The number of carbonyl (C=O) groups is 1. The number of alkyl halides is 1. The molecule has 6 nitrogen and oxygen atoms in total. The first-order valence-corrected chi connectivity index (χ1v) is 8.03. The minimum absolute atomic E-state index is 0.1000. The summed E-state index contributed by atoms with van der Waals surface area (Å²) in [6.45, 7) is 0.248. The molecule has 0 aliphatic carbocycles. The Morgan fingerprint density at radius 2 is 2.33 bits per heavy atom. The Labute approximate surface area is 144 Å². The van der Waals surface area contributed by atoms with E-state index in [2.05, 4.69) is 10.3 Å². The lowest BCUT2D eigenvalue weighted by Crippen LogP contribution is -2.35. The van der Waals surface area contributed by atoms with Gasteiger partial charge in [-0.05, 0) is 18.9 Å². The molecule has 1 heterocycles. The average Bonchev–Trinajstić information content (AvgIpc) is 2.52. The van der Waals surface area contributed by atoms with Crippen molar-refractivity contribution < 1.29 is 13.9 Å². The van der Waals surface area contributed by atoms with E-state index in [0.717, 1.165) is 6.29 Å². The van der Waals surface area contributed by atoms with E-state index >= 15 is 0 Å². The maximum Gasteiger partial charge on any atom is 0.239 e. The van der Waals surface area contributed by atoms with Gasteiger partial charge in [-0.25, -0.2) is 9.38 Å². The van der Waals surface area contributed by atoms with Crippen LogP contribution in [0.3, 0.4) is 0 Å². The van der Waals surface area contributed by atoms with Crippen LogP contribution in [-0.2, 0) is 15.1 Å². The second-order valence-electron chi connectivity index (χ2n) is 5.54. The van der Waals surface area contributed by atoms with Crippen molar-refractivity contribution in [1.29, 1.82) is 5.41 Å². The molecule has 1 aliphatic heterocycles. The van der Waals surface area contributed by atoms with Crippen molar-refractivity contribution >= 4 is 29.7 Å². The molecule has 4 N–H and O–H groups in total. The number of nitrogens with two attached hydrogens (primary N) is 1. The summed E-state index contributed by atoms with van der Waals surface area (Å²) in [4.78, 5) is 16.3. The number of guanidine groups is 1. The summed E-state index contributed by atoms with van der Waals surface area (Å²) >= 11 is 6.24. The molecule has 24 heavy (non-hydrogen) atoms. The fourth-order valence-electron chi connectivity index (χ4n) is 2.62. The molecule has 8 heteroatoms. The second-order valence-corrected chi connectivity index (χ2v) is 5.95. The Hall–Kier alpha value is -2.15. The summed E-state index contributed by atoms with van der Waals surface area (Å²) in [6.07, 6.45) is 0.395. The molecule has 130 valence electrons. The number of halogens is 2. The topological polar surface area (TPSA) is 101 Å². The Bertz CT molecular complexity index is 640. The number of rotatable bonds is 5. The maximum atomic E-state index is 13.8. The van der Waals surface area contributed by atoms with E-state index in [0.29, 0.717) is 23.4 Å². The van der Waals surface area contributed by atoms with E-state index in [4.69, 9.17) is 27.5 Å². The second kappa shape index (κ2) is 8.10. The van der Waals surface area contributed by atoms with Gasteiger partial charge in [-0.3, -0.25) is 5.41 Å². The molecule has 0 aromatic heterocycles. The van der Waals surface area contributed by atoms with Crippen LogP contribution in [0.1, 0.15) is 31.2 Å². The third-order valence-corrected chi connectivity index (χ3v) is 4.10. The number of benzene rings is 1. The predicted molar refractivity (Wildman–Crippen MR) is 91.0 cm³/mol. The zero-order valence-corrected chi connectivity index (χ0v) is 13.9. The largest absolute Gasteiger partial charge is 0.447 e. The molecule has 0 bridgehead atoms. The number of carbonyl (C=O) groups excluding carboxylic acids is 1. The van der Waals surface area contributed by atoms with Gasteiger partial charge in [0.15, 0.2) is 18.1 Å². The highest BCUT2D eigenvalue weighted by atomic mass is 35.5. The minimum atomic E-state index is -1.48. The Morgan fingerprint density at radius 1 is 1.58 bits per heavy atom. The standard InChI is InChI=1S/C16H20ClFN4O2/c17-12-5-2-1-4-11(12)16(10-23)8-3-6-13(18)24-14(22-16)7-9-21-15(19)20/h1-2,4-5,10,13H,3,6-9H2,(H4,19,20,21)/b22-14-. The fraction of sp³-hybridized carbons (Fsp3) is 0.438. The van der Waals surface area contributed by atoms with Gasteiger partial charge in [0.25, 0.3) is 0 Å². The molecule has 2 rings (SSSR count). The quantitative estimate of drug-likeness (QED) is 0.429. The van der Waals surface area contributed by atoms with Crippen LogP contribution >= 0.6 is 11.6 Å². The molecule has 0 fully saturated rings. The summed E-state index contributed by atoms with van der Waals surface area (Å²) in [5.41, 5.74) is 4.59. The van der Waals surface area contributed by atoms with Crippen molar-refractivity contribution in [2.24, 2.45) is 10.7 Å². The van der Waals surface area contributed by atoms with Crippen LogP contribution in [0.2, 0.25) is 5.02 Å². The van der Waals surface area contributed by atoms with E-state index in [1.165, 1.54) is 0 Å². The monoisotopic (exact) mass is 354 g/mol. The molecule has 2 atom stereocenters. The molecule has 0 spiro atoms. The lowest BCUT2D eigenvalue weighted by atomic mass is 9.86. The molecule has 1 aromatic rings. The zero-order valence-electron chi connectivity index (χ0n) is 13.1. The van der Waals surface area contributed by atoms with Gasteiger partial charge in [0.05, 0.1) is 0 Å². The van der Waals surface area contributed by atoms with Crippen molar-refractivity contribution in [3.63, 3.8) is 0 Å². The molecule has 0 amide bonds. The molecule has 0 radical (unpaired) electrons. The van der Waals surface area contributed by atoms with Crippen LogP contribution in [-0.4, -0.2) is 31.0 Å². The average molecular weight is 355 g/mol. The smallest absolute Gasteiger partial charge is 0.239 e. The molecule has 1 aliphatic rings. The van der Waals surface area contributed by atoms with Crippen LogP contribution in [0.25, 0.3) is 0 Å². The number of aldehydes is 1. The fourth-order valence-corrected chi connectivity index (χ4v) is 2.92. The van der Waals surface area contributed by atoms with Crippen LogP contribution in [0, 0.1) is 5.41 Å². The summed E-state index contributed by atoms with van der Waals surface area (Å²) in [7, 11) is 0. The van der Waals surface area contributed by atoms with Gasteiger partial charge in [0.2, 0.25) is 6.36 Å². The first-order valence-electron chi connectivity index (χ1n) is 7.65. The number of hydrogen-bond donors (Lipinski definition) is 3. The highest BCUT2D eigenvalue weighted by Crippen LogP contribution is 2.36. The zero-order chi connectivity index (χ0) is 17.6. The van der Waals surface area contributed by atoms with E-state index in [1.54, 1.807) is 24.3 Å². The molecule has 1 aromatic carbocycles. The van der Waals surface area contributed by atoms with E-state index in [1.807, 2.05) is 0 Å². The Kier molecular flexibility index (Phi) is 6.14. The molecular weight excluding hydrogens is 335 g/mol. The van der Waals surface area contributed by atoms with Gasteiger partial charge in [0.1, 0.15) is 5.54 Å². The maximum absolute atomic E-state index is 13.8. The van der Waals surface area contributed by atoms with Gasteiger partial charge in [-0.2, -0.15) is 0 Å². The third kappa shape index (κ3) is 4.44. The van der Waals surface area contributed by atoms with Crippen molar-refractivity contribution in [3.8, 4) is 0 Å². The van der Waals surface area contributed by atoms with Crippen molar-refractivity contribution in [2.45, 2.75) is 37.6 Å². The summed E-state index contributed by atoms with van der Waals surface area (Å²) in [5.74, 6) is -0.103. The van der Waals surface area contributed by atoms with Gasteiger partial charge in [-0.15, -0.1) is 0 Å². The van der Waals surface area contributed by atoms with Crippen molar-refractivity contribution in [2.75, 3.05) is 6.54 Å². The first-order chi connectivity index (χ1) is 11.5. The summed E-state index contributed by atoms with van der Waals surface area (Å²) in [6, 6.07) is 6.96.